The molecule has 0 amide bonds. The van der Waals surface area contributed by atoms with Gasteiger partial charge in [0, 0.05) is 13.0 Å². The fraction of sp³-hybridized carbons (Fsp3) is 0.933. The van der Waals surface area contributed by atoms with Gasteiger partial charge in [0.2, 0.25) is 0 Å². The van der Waals surface area contributed by atoms with E-state index < -0.39 is 24.6 Å². The van der Waals surface area contributed by atoms with Crippen LogP contribution in [-0.4, -0.2) is 66.2 Å². The van der Waals surface area contributed by atoms with Crippen molar-refractivity contribution >= 4 is 5.97 Å². The molecule has 4 atom stereocenters. The number of carbonyl (C=O) groups excluding carboxylic acids is 1. The molecule has 0 aliphatic carbocycles. The topological polar surface area (TPSA) is 105 Å². The van der Waals surface area contributed by atoms with Gasteiger partial charge in [-0.15, -0.1) is 0 Å². The van der Waals surface area contributed by atoms with E-state index in [1.165, 1.54) is 7.11 Å². The Morgan fingerprint density at radius 1 is 1.05 bits per heavy atom. The standard InChI is InChI=1S/C15H28O7/c1-20-12(17)8-6-4-2-3-5-7-9-21-15-14(19)13(18)11(16)10-22-15/h11,13-16,18-19H,2-10H2,1H3/t11-,13+,14-,15-/m1/s1. The number of ether oxygens (including phenoxy) is 3. The summed E-state index contributed by atoms with van der Waals surface area (Å²) in [5.41, 5.74) is 0. The van der Waals surface area contributed by atoms with Crippen LogP contribution in [0.15, 0.2) is 0 Å². The average Bonchev–Trinajstić information content (AvgIpc) is 2.52. The molecular weight excluding hydrogens is 292 g/mol. The molecule has 1 aliphatic heterocycles. The van der Waals surface area contributed by atoms with Crippen molar-refractivity contribution in [3.05, 3.63) is 0 Å². The highest BCUT2D eigenvalue weighted by Gasteiger charge is 2.37. The second-order valence-electron chi connectivity index (χ2n) is 5.57. The molecule has 1 fully saturated rings. The summed E-state index contributed by atoms with van der Waals surface area (Å²) < 4.78 is 15.1. The number of aliphatic hydroxyl groups excluding tert-OH is 3. The Balaban J connectivity index is 1.94. The summed E-state index contributed by atoms with van der Waals surface area (Å²) in [6, 6.07) is 0. The molecule has 1 aliphatic rings. The summed E-state index contributed by atoms with van der Waals surface area (Å²) in [6.07, 6.45) is 1.88. The Morgan fingerprint density at radius 2 is 1.68 bits per heavy atom. The monoisotopic (exact) mass is 320 g/mol. The maximum Gasteiger partial charge on any atom is 0.305 e. The number of methoxy groups -OCH3 is 1. The number of unbranched alkanes of at least 4 members (excludes halogenated alkanes) is 5. The van der Waals surface area contributed by atoms with Crippen LogP contribution in [0.1, 0.15) is 44.9 Å². The molecule has 0 bridgehead atoms. The molecule has 1 rings (SSSR count). The van der Waals surface area contributed by atoms with E-state index in [1.807, 2.05) is 0 Å². The molecule has 0 unspecified atom stereocenters. The summed E-state index contributed by atoms with van der Waals surface area (Å²) in [6.45, 7) is 0.399. The fourth-order valence-corrected chi connectivity index (χ4v) is 2.31. The Morgan fingerprint density at radius 3 is 2.36 bits per heavy atom. The van der Waals surface area contributed by atoms with Crippen molar-refractivity contribution in [1.29, 1.82) is 0 Å². The molecule has 3 N–H and O–H groups in total. The maximum atomic E-state index is 10.9. The second kappa shape index (κ2) is 10.9. The lowest BCUT2D eigenvalue weighted by molar-refractivity contribution is -0.270. The summed E-state index contributed by atoms with van der Waals surface area (Å²) in [5.74, 6) is -0.160. The van der Waals surface area contributed by atoms with Crippen LogP contribution in [-0.2, 0) is 19.0 Å². The van der Waals surface area contributed by atoms with Crippen molar-refractivity contribution in [3.63, 3.8) is 0 Å². The van der Waals surface area contributed by atoms with Gasteiger partial charge in [-0.05, 0) is 12.8 Å². The molecule has 22 heavy (non-hydrogen) atoms. The fourth-order valence-electron chi connectivity index (χ4n) is 2.31. The van der Waals surface area contributed by atoms with E-state index in [9.17, 15) is 20.1 Å². The third-order valence-electron chi connectivity index (χ3n) is 3.74. The molecule has 130 valence electrons. The summed E-state index contributed by atoms with van der Waals surface area (Å²) in [7, 11) is 1.40. The SMILES string of the molecule is COC(=O)CCCCCCCCO[C@@H]1OC[C@@H](O)[C@H](O)[C@H]1O. The molecule has 1 heterocycles. The Bertz CT molecular complexity index is 310. The Labute approximate surface area is 131 Å². The minimum atomic E-state index is -1.23. The molecule has 0 spiro atoms. The maximum absolute atomic E-state index is 10.9. The molecule has 7 heteroatoms. The van der Waals surface area contributed by atoms with Crippen molar-refractivity contribution in [2.24, 2.45) is 0 Å². The van der Waals surface area contributed by atoms with E-state index in [2.05, 4.69) is 4.74 Å². The van der Waals surface area contributed by atoms with E-state index in [-0.39, 0.29) is 12.6 Å². The van der Waals surface area contributed by atoms with Gasteiger partial charge in [0.15, 0.2) is 6.29 Å². The largest absolute Gasteiger partial charge is 0.469 e. The summed E-state index contributed by atoms with van der Waals surface area (Å²) in [4.78, 5) is 10.9. The van der Waals surface area contributed by atoms with Crippen LogP contribution < -0.4 is 0 Å². The minimum Gasteiger partial charge on any atom is -0.469 e. The van der Waals surface area contributed by atoms with Crippen LogP contribution in [0.3, 0.4) is 0 Å². The Kier molecular flexibility index (Phi) is 9.58. The van der Waals surface area contributed by atoms with Gasteiger partial charge in [0.05, 0.1) is 13.7 Å². The van der Waals surface area contributed by atoms with Crippen LogP contribution in [0.5, 0.6) is 0 Å². The molecule has 0 aromatic rings. The lowest BCUT2D eigenvalue weighted by atomic mass is 10.1. The number of hydrogen-bond acceptors (Lipinski definition) is 7. The molecule has 1 saturated heterocycles. The number of aliphatic hydroxyl groups is 3. The van der Waals surface area contributed by atoms with Gasteiger partial charge in [-0.3, -0.25) is 4.79 Å². The smallest absolute Gasteiger partial charge is 0.305 e. The van der Waals surface area contributed by atoms with Gasteiger partial charge in [-0.1, -0.05) is 25.7 Å². The van der Waals surface area contributed by atoms with Gasteiger partial charge < -0.3 is 29.5 Å². The first-order valence-electron chi connectivity index (χ1n) is 7.90. The zero-order chi connectivity index (χ0) is 16.4. The van der Waals surface area contributed by atoms with Crippen molar-refractivity contribution in [1.82, 2.24) is 0 Å². The number of carbonyl (C=O) groups is 1. The zero-order valence-corrected chi connectivity index (χ0v) is 13.1. The summed E-state index contributed by atoms with van der Waals surface area (Å²) in [5, 5.41) is 28.5. The van der Waals surface area contributed by atoms with Gasteiger partial charge in [-0.2, -0.15) is 0 Å². The normalized spacial score (nSPS) is 28.5. The van der Waals surface area contributed by atoms with Gasteiger partial charge in [0.1, 0.15) is 18.3 Å². The number of hydrogen-bond donors (Lipinski definition) is 3. The first-order chi connectivity index (χ1) is 10.6. The van der Waals surface area contributed by atoms with E-state index >= 15 is 0 Å². The highest BCUT2D eigenvalue weighted by molar-refractivity contribution is 5.68. The van der Waals surface area contributed by atoms with E-state index in [0.29, 0.717) is 13.0 Å². The van der Waals surface area contributed by atoms with E-state index in [1.54, 1.807) is 0 Å². The van der Waals surface area contributed by atoms with Gasteiger partial charge in [0.25, 0.3) is 0 Å². The van der Waals surface area contributed by atoms with E-state index in [0.717, 1.165) is 38.5 Å². The zero-order valence-electron chi connectivity index (χ0n) is 13.1. The average molecular weight is 320 g/mol. The number of esters is 1. The molecule has 0 aromatic carbocycles. The highest BCUT2D eigenvalue weighted by atomic mass is 16.7. The van der Waals surface area contributed by atoms with Crippen LogP contribution in [0.25, 0.3) is 0 Å². The first kappa shape index (κ1) is 19.3. The van der Waals surface area contributed by atoms with Crippen LogP contribution in [0.4, 0.5) is 0 Å². The third kappa shape index (κ3) is 7.02. The van der Waals surface area contributed by atoms with Crippen LogP contribution >= 0.6 is 0 Å². The first-order valence-corrected chi connectivity index (χ1v) is 7.90. The van der Waals surface area contributed by atoms with Crippen molar-refractivity contribution < 1.29 is 34.3 Å². The highest BCUT2D eigenvalue weighted by Crippen LogP contribution is 2.17. The van der Waals surface area contributed by atoms with Gasteiger partial charge >= 0.3 is 5.97 Å². The predicted molar refractivity (Wildman–Crippen MR) is 78.0 cm³/mol. The molecular formula is C15H28O7. The molecule has 7 nitrogen and oxygen atoms in total. The van der Waals surface area contributed by atoms with Crippen molar-refractivity contribution in [2.45, 2.75) is 69.5 Å². The van der Waals surface area contributed by atoms with Crippen LogP contribution in [0, 0.1) is 0 Å². The minimum absolute atomic E-state index is 0.0386. The molecule has 0 saturated carbocycles. The second-order valence-corrected chi connectivity index (χ2v) is 5.57. The molecule has 0 aromatic heterocycles. The lowest BCUT2D eigenvalue weighted by Crippen LogP contribution is -2.53. The lowest BCUT2D eigenvalue weighted by Gasteiger charge is -2.34. The van der Waals surface area contributed by atoms with E-state index in [4.69, 9.17) is 9.47 Å². The number of rotatable bonds is 10. The predicted octanol–water partition coefficient (Wildman–Crippen LogP) is 0.346. The third-order valence-corrected chi connectivity index (χ3v) is 3.74. The quantitative estimate of drug-likeness (QED) is 0.394. The van der Waals surface area contributed by atoms with Crippen LogP contribution in [0.2, 0.25) is 0 Å². The van der Waals surface area contributed by atoms with Crippen molar-refractivity contribution in [2.75, 3.05) is 20.3 Å². The summed E-state index contributed by atoms with van der Waals surface area (Å²) >= 11 is 0. The van der Waals surface area contributed by atoms with Crippen molar-refractivity contribution in [3.8, 4) is 0 Å². The Hall–Kier alpha value is -0.730. The molecule has 0 radical (unpaired) electrons. The van der Waals surface area contributed by atoms with Gasteiger partial charge in [-0.25, -0.2) is 0 Å².